The van der Waals surface area contributed by atoms with Gasteiger partial charge in [0.25, 0.3) is 0 Å². The topological polar surface area (TPSA) is 65.5 Å². The smallest absolute Gasteiger partial charge is 0.357 e. The molecule has 0 aliphatic heterocycles. The zero-order valence-electron chi connectivity index (χ0n) is 14.8. The van der Waals surface area contributed by atoms with Gasteiger partial charge in [-0.25, -0.2) is 0 Å². The summed E-state index contributed by atoms with van der Waals surface area (Å²) in [6.07, 6.45) is -1.80. The van der Waals surface area contributed by atoms with E-state index < -0.39 is 11.7 Å². The molecule has 0 spiro atoms. The number of aliphatic imine (C=N–C) groups is 1. The third-order valence-electron chi connectivity index (χ3n) is 3.96. The first-order valence-corrected chi connectivity index (χ1v) is 8.86. The molecule has 0 unspecified atom stereocenters. The second kappa shape index (κ2) is 9.45. The van der Waals surface area contributed by atoms with Crippen molar-refractivity contribution in [3.8, 4) is 0 Å². The first-order valence-electron chi connectivity index (χ1n) is 8.86. The van der Waals surface area contributed by atoms with Crippen LogP contribution >= 0.6 is 0 Å². The number of carbonyl (C=O) groups excluding carboxylic acids is 1. The highest BCUT2D eigenvalue weighted by molar-refractivity contribution is 5.81. The maximum Gasteiger partial charge on any atom is 0.416 e. The number of benzene rings is 1. The molecular formula is C18H25F3N4O. The Kier molecular flexibility index (Phi) is 7.29. The first kappa shape index (κ1) is 20.1. The molecule has 0 atom stereocenters. The number of alkyl halides is 3. The van der Waals surface area contributed by atoms with Crippen molar-refractivity contribution in [1.29, 1.82) is 0 Å². The summed E-state index contributed by atoms with van der Waals surface area (Å²) < 4.78 is 37.6. The van der Waals surface area contributed by atoms with Gasteiger partial charge in [0.2, 0.25) is 5.91 Å². The van der Waals surface area contributed by atoms with Crippen LogP contribution in [0, 0.1) is 5.92 Å². The highest BCUT2D eigenvalue weighted by Gasteiger charge is 2.30. The molecule has 26 heavy (non-hydrogen) atoms. The van der Waals surface area contributed by atoms with Crippen molar-refractivity contribution in [3.05, 3.63) is 35.4 Å². The Morgan fingerprint density at radius 1 is 1.12 bits per heavy atom. The minimum Gasteiger partial charge on any atom is -0.357 e. The highest BCUT2D eigenvalue weighted by Crippen LogP contribution is 2.29. The number of hydrogen-bond donors (Lipinski definition) is 3. The van der Waals surface area contributed by atoms with E-state index in [2.05, 4.69) is 20.9 Å². The molecule has 0 bridgehead atoms. The molecule has 1 saturated carbocycles. The van der Waals surface area contributed by atoms with Crippen LogP contribution in [0.5, 0.6) is 0 Å². The molecule has 1 amide bonds. The van der Waals surface area contributed by atoms with E-state index in [1.807, 2.05) is 6.92 Å². The van der Waals surface area contributed by atoms with Crippen LogP contribution in [-0.4, -0.2) is 38.0 Å². The normalized spacial score (nSPS) is 14.8. The molecule has 3 N–H and O–H groups in total. The molecule has 1 aromatic carbocycles. The zero-order chi connectivity index (χ0) is 19.0. The lowest BCUT2D eigenvalue weighted by atomic mass is 10.1. The van der Waals surface area contributed by atoms with Crippen LogP contribution in [0.25, 0.3) is 0 Å². The van der Waals surface area contributed by atoms with Gasteiger partial charge in [0.1, 0.15) is 0 Å². The van der Waals surface area contributed by atoms with E-state index in [-0.39, 0.29) is 11.8 Å². The van der Waals surface area contributed by atoms with E-state index in [4.69, 9.17) is 0 Å². The van der Waals surface area contributed by atoms with E-state index in [0.29, 0.717) is 38.6 Å². The van der Waals surface area contributed by atoms with Gasteiger partial charge in [-0.2, -0.15) is 13.2 Å². The van der Waals surface area contributed by atoms with Gasteiger partial charge in [-0.15, -0.1) is 0 Å². The number of nitrogens with one attached hydrogen (secondary N) is 3. The predicted octanol–water partition coefficient (Wildman–Crippen LogP) is 2.33. The van der Waals surface area contributed by atoms with Crippen LogP contribution in [0.3, 0.4) is 0 Å². The molecule has 1 aliphatic rings. The van der Waals surface area contributed by atoms with Crippen molar-refractivity contribution in [2.24, 2.45) is 10.9 Å². The first-order chi connectivity index (χ1) is 12.4. The molecule has 144 valence electrons. The van der Waals surface area contributed by atoms with Crippen molar-refractivity contribution >= 4 is 11.9 Å². The van der Waals surface area contributed by atoms with E-state index in [1.54, 1.807) is 0 Å². The molecule has 1 aromatic rings. The largest absolute Gasteiger partial charge is 0.416 e. The molecular weight excluding hydrogens is 345 g/mol. The summed E-state index contributed by atoms with van der Waals surface area (Å²) in [6, 6.07) is 5.13. The van der Waals surface area contributed by atoms with Crippen molar-refractivity contribution in [3.63, 3.8) is 0 Å². The van der Waals surface area contributed by atoms with E-state index >= 15 is 0 Å². The Bertz CT molecular complexity index is 610. The maximum absolute atomic E-state index is 12.5. The minimum absolute atomic E-state index is 0.107. The van der Waals surface area contributed by atoms with Crippen molar-refractivity contribution < 1.29 is 18.0 Å². The summed E-state index contributed by atoms with van der Waals surface area (Å²) in [7, 11) is 0. The summed E-state index contributed by atoms with van der Waals surface area (Å²) in [5, 5.41) is 9.09. The van der Waals surface area contributed by atoms with Gasteiger partial charge in [-0.1, -0.05) is 12.1 Å². The molecule has 1 aliphatic carbocycles. The molecule has 2 rings (SSSR count). The van der Waals surface area contributed by atoms with Crippen LogP contribution in [0.4, 0.5) is 13.2 Å². The second-order valence-electron chi connectivity index (χ2n) is 6.20. The van der Waals surface area contributed by atoms with Gasteiger partial charge >= 0.3 is 6.18 Å². The van der Waals surface area contributed by atoms with Crippen molar-refractivity contribution in [1.82, 2.24) is 16.0 Å². The van der Waals surface area contributed by atoms with Crippen LogP contribution in [0.1, 0.15) is 30.9 Å². The maximum atomic E-state index is 12.5. The molecule has 0 saturated heterocycles. The van der Waals surface area contributed by atoms with Gasteiger partial charge in [0, 0.05) is 32.1 Å². The van der Waals surface area contributed by atoms with Crippen LogP contribution in [0.2, 0.25) is 0 Å². The lowest BCUT2D eigenvalue weighted by Gasteiger charge is -2.12. The summed E-state index contributed by atoms with van der Waals surface area (Å²) in [5.74, 6) is 0.928. The van der Waals surface area contributed by atoms with E-state index in [0.717, 1.165) is 30.5 Å². The van der Waals surface area contributed by atoms with Crippen LogP contribution < -0.4 is 16.0 Å². The van der Waals surface area contributed by atoms with Crippen LogP contribution in [0.15, 0.2) is 29.3 Å². The Hall–Kier alpha value is -2.25. The number of amides is 1. The molecule has 0 aromatic heterocycles. The average Bonchev–Trinajstić information content (AvgIpc) is 3.43. The Balaban J connectivity index is 1.73. The second-order valence-corrected chi connectivity index (χ2v) is 6.20. The SMILES string of the molecule is CCNC(=NCCc1ccc(C(F)(F)F)cc1)NCCNC(=O)C1CC1. The van der Waals surface area contributed by atoms with Crippen molar-refractivity contribution in [2.45, 2.75) is 32.4 Å². The predicted molar refractivity (Wildman–Crippen MR) is 94.9 cm³/mol. The standard InChI is InChI=1S/C18H25F3N4O/c1-2-22-17(25-12-11-23-16(26)14-5-6-14)24-10-9-13-3-7-15(8-4-13)18(19,20)21/h3-4,7-8,14H,2,5-6,9-12H2,1H3,(H,23,26)(H2,22,24,25). The number of guanidine groups is 1. The zero-order valence-corrected chi connectivity index (χ0v) is 14.8. The fourth-order valence-electron chi connectivity index (χ4n) is 2.36. The summed E-state index contributed by atoms with van der Waals surface area (Å²) in [5.41, 5.74) is 0.155. The van der Waals surface area contributed by atoms with Gasteiger partial charge in [0.15, 0.2) is 5.96 Å². The highest BCUT2D eigenvalue weighted by atomic mass is 19.4. The minimum atomic E-state index is -4.31. The Morgan fingerprint density at radius 3 is 2.35 bits per heavy atom. The van der Waals surface area contributed by atoms with E-state index in [9.17, 15) is 18.0 Å². The Labute approximate surface area is 151 Å². The number of nitrogens with zero attached hydrogens (tertiary/aromatic N) is 1. The van der Waals surface area contributed by atoms with Gasteiger partial charge in [-0.3, -0.25) is 9.79 Å². The number of carbonyl (C=O) groups is 1. The molecule has 8 heteroatoms. The van der Waals surface area contributed by atoms with Crippen LogP contribution in [-0.2, 0) is 17.4 Å². The molecule has 0 radical (unpaired) electrons. The van der Waals surface area contributed by atoms with Crippen molar-refractivity contribution in [2.75, 3.05) is 26.2 Å². The number of halogens is 3. The quantitative estimate of drug-likeness (QED) is 0.374. The molecule has 5 nitrogen and oxygen atoms in total. The van der Waals surface area contributed by atoms with Gasteiger partial charge < -0.3 is 16.0 Å². The monoisotopic (exact) mass is 370 g/mol. The van der Waals surface area contributed by atoms with E-state index in [1.165, 1.54) is 12.1 Å². The lowest BCUT2D eigenvalue weighted by Crippen LogP contribution is -2.41. The fraction of sp³-hybridized carbons (Fsp3) is 0.556. The average molecular weight is 370 g/mol. The third kappa shape index (κ3) is 6.93. The summed E-state index contributed by atoms with van der Waals surface area (Å²) >= 11 is 0. The summed E-state index contributed by atoms with van der Waals surface area (Å²) in [4.78, 5) is 15.9. The number of rotatable bonds is 8. The molecule has 1 fully saturated rings. The molecule has 0 heterocycles. The lowest BCUT2D eigenvalue weighted by molar-refractivity contribution is -0.137. The Morgan fingerprint density at radius 2 is 1.77 bits per heavy atom. The third-order valence-corrected chi connectivity index (χ3v) is 3.96. The van der Waals surface area contributed by atoms with Gasteiger partial charge in [0.05, 0.1) is 5.56 Å². The number of hydrogen-bond acceptors (Lipinski definition) is 2. The van der Waals surface area contributed by atoms with Gasteiger partial charge in [-0.05, 0) is 43.9 Å². The summed E-state index contributed by atoms with van der Waals surface area (Å²) in [6.45, 7) is 4.18. The fourth-order valence-corrected chi connectivity index (χ4v) is 2.36.